The molecule has 1 aliphatic rings. The maximum atomic E-state index is 6.70. The molecular weight excluding hydrogens is 304 g/mol. The van der Waals surface area contributed by atoms with Gasteiger partial charge in [-0.15, -0.1) is 22.9 Å². The van der Waals surface area contributed by atoms with Gasteiger partial charge in [0.1, 0.15) is 0 Å². The Morgan fingerprint density at radius 3 is 2.50 bits per heavy atom. The molecule has 1 fully saturated rings. The minimum atomic E-state index is 0.183. The van der Waals surface area contributed by atoms with Crippen molar-refractivity contribution in [1.82, 2.24) is 0 Å². The van der Waals surface area contributed by atoms with E-state index in [1.165, 1.54) is 46.3 Å². The number of aryl methyl sites for hydroxylation is 1. The largest absolute Gasteiger partial charge is 0.131 e. The molecule has 1 atom stereocenters. The summed E-state index contributed by atoms with van der Waals surface area (Å²) in [6, 6.07) is 2.24. The topological polar surface area (TPSA) is 0 Å². The SMILES string of the molecule is Cc1cc(C(Cl)C2(C)CCCCC2)sc1Br. The van der Waals surface area contributed by atoms with Gasteiger partial charge in [0.15, 0.2) is 0 Å². The van der Waals surface area contributed by atoms with Crippen molar-refractivity contribution in [2.45, 2.75) is 51.3 Å². The van der Waals surface area contributed by atoms with Crippen LogP contribution in [0.1, 0.15) is 54.8 Å². The third kappa shape index (κ3) is 2.49. The number of hydrogen-bond acceptors (Lipinski definition) is 1. The van der Waals surface area contributed by atoms with Crippen LogP contribution in [-0.2, 0) is 0 Å². The second-order valence-electron chi connectivity index (χ2n) is 5.18. The standard InChI is InChI=1S/C13H18BrClS/c1-9-8-10(16-12(9)14)11(15)13(2)6-4-3-5-7-13/h8,11H,3-7H2,1-2H3. The van der Waals surface area contributed by atoms with Crippen LogP contribution >= 0.6 is 38.9 Å². The molecule has 16 heavy (non-hydrogen) atoms. The van der Waals surface area contributed by atoms with Gasteiger partial charge in [-0.25, -0.2) is 0 Å². The highest BCUT2D eigenvalue weighted by Crippen LogP contribution is 2.51. The molecule has 0 radical (unpaired) electrons. The van der Waals surface area contributed by atoms with E-state index in [1.807, 2.05) is 0 Å². The fourth-order valence-electron chi connectivity index (χ4n) is 2.56. The Morgan fingerprint density at radius 2 is 2.00 bits per heavy atom. The van der Waals surface area contributed by atoms with Crippen molar-refractivity contribution in [3.63, 3.8) is 0 Å². The summed E-state index contributed by atoms with van der Waals surface area (Å²) in [4.78, 5) is 1.33. The molecule has 0 aliphatic heterocycles. The first-order valence-corrected chi connectivity index (χ1v) is 7.97. The predicted octanol–water partition coefficient (Wildman–Crippen LogP) is 6.07. The third-order valence-corrected chi connectivity index (χ3v) is 6.83. The van der Waals surface area contributed by atoms with E-state index in [-0.39, 0.29) is 5.38 Å². The summed E-state index contributed by atoms with van der Waals surface area (Å²) in [5.41, 5.74) is 1.61. The van der Waals surface area contributed by atoms with Gasteiger partial charge in [0.25, 0.3) is 0 Å². The molecule has 1 heterocycles. The predicted molar refractivity (Wildman–Crippen MR) is 76.5 cm³/mol. The Labute approximate surface area is 116 Å². The first-order valence-electron chi connectivity index (χ1n) is 5.93. The Hall–Kier alpha value is 0.470. The van der Waals surface area contributed by atoms with Crippen molar-refractivity contribution in [3.05, 3.63) is 20.3 Å². The van der Waals surface area contributed by atoms with Crippen LogP contribution in [0.3, 0.4) is 0 Å². The fourth-order valence-corrected chi connectivity index (χ4v) is 4.71. The highest BCUT2D eigenvalue weighted by Gasteiger charge is 2.36. The molecule has 0 aromatic carbocycles. The second-order valence-corrected chi connectivity index (χ2v) is 8.02. The summed E-state index contributed by atoms with van der Waals surface area (Å²) >= 11 is 12.1. The summed E-state index contributed by atoms with van der Waals surface area (Å²) in [7, 11) is 0. The maximum Gasteiger partial charge on any atom is 0.0732 e. The van der Waals surface area contributed by atoms with E-state index in [4.69, 9.17) is 11.6 Å². The quantitative estimate of drug-likeness (QED) is 0.580. The lowest BCUT2D eigenvalue weighted by Crippen LogP contribution is -2.24. The van der Waals surface area contributed by atoms with Crippen LogP contribution in [0.15, 0.2) is 9.85 Å². The van der Waals surface area contributed by atoms with Crippen LogP contribution < -0.4 is 0 Å². The second kappa shape index (κ2) is 4.99. The van der Waals surface area contributed by atoms with E-state index in [0.29, 0.717) is 5.41 Å². The normalized spacial score (nSPS) is 22.0. The summed E-state index contributed by atoms with van der Waals surface area (Å²) in [6.07, 6.45) is 6.61. The Kier molecular flexibility index (Phi) is 4.03. The van der Waals surface area contributed by atoms with E-state index in [0.717, 1.165) is 0 Å². The highest BCUT2D eigenvalue weighted by molar-refractivity contribution is 9.11. The van der Waals surface area contributed by atoms with Gasteiger partial charge in [-0.1, -0.05) is 26.2 Å². The van der Waals surface area contributed by atoms with Gasteiger partial charge in [-0.2, -0.15) is 0 Å². The van der Waals surface area contributed by atoms with Gasteiger partial charge in [0, 0.05) is 4.88 Å². The van der Waals surface area contributed by atoms with Gasteiger partial charge in [0.05, 0.1) is 9.16 Å². The lowest BCUT2D eigenvalue weighted by molar-refractivity contribution is 0.208. The highest BCUT2D eigenvalue weighted by atomic mass is 79.9. The molecular formula is C13H18BrClS. The molecule has 0 N–H and O–H groups in total. The van der Waals surface area contributed by atoms with Crippen LogP contribution in [0.4, 0.5) is 0 Å². The first kappa shape index (κ1) is 12.9. The van der Waals surface area contributed by atoms with Crippen LogP contribution in [-0.4, -0.2) is 0 Å². The average Bonchev–Trinajstić information content (AvgIpc) is 2.59. The Morgan fingerprint density at radius 1 is 1.38 bits per heavy atom. The number of hydrogen-bond donors (Lipinski definition) is 0. The van der Waals surface area contributed by atoms with E-state index < -0.39 is 0 Å². The summed E-state index contributed by atoms with van der Waals surface area (Å²) in [5.74, 6) is 0. The van der Waals surface area contributed by atoms with E-state index in [2.05, 4.69) is 35.8 Å². The third-order valence-electron chi connectivity index (χ3n) is 3.73. The van der Waals surface area contributed by atoms with Crippen molar-refractivity contribution < 1.29 is 0 Å². The lowest BCUT2D eigenvalue weighted by Gasteiger charge is -2.37. The van der Waals surface area contributed by atoms with Crippen molar-refractivity contribution in [1.29, 1.82) is 0 Å². The molecule has 0 saturated heterocycles. The molecule has 1 aromatic rings. The van der Waals surface area contributed by atoms with Gasteiger partial charge < -0.3 is 0 Å². The molecule has 0 nitrogen and oxygen atoms in total. The number of thiophene rings is 1. The number of halogens is 2. The average molecular weight is 322 g/mol. The lowest BCUT2D eigenvalue weighted by atomic mass is 9.73. The molecule has 0 bridgehead atoms. The molecule has 0 amide bonds. The Bertz CT molecular complexity index is 347. The molecule has 1 aliphatic carbocycles. The van der Waals surface area contributed by atoms with Crippen molar-refractivity contribution in [2.24, 2.45) is 5.41 Å². The molecule has 1 unspecified atom stereocenters. The van der Waals surface area contributed by atoms with Gasteiger partial charge >= 0.3 is 0 Å². The zero-order valence-corrected chi connectivity index (χ0v) is 13.0. The van der Waals surface area contributed by atoms with E-state index in [1.54, 1.807) is 11.3 Å². The summed E-state index contributed by atoms with van der Waals surface area (Å²) in [6.45, 7) is 4.49. The van der Waals surface area contributed by atoms with E-state index in [9.17, 15) is 0 Å². The molecule has 3 heteroatoms. The summed E-state index contributed by atoms with van der Waals surface area (Å²) in [5, 5.41) is 0.183. The minimum absolute atomic E-state index is 0.183. The molecule has 2 rings (SSSR count). The maximum absolute atomic E-state index is 6.70. The molecule has 1 aromatic heterocycles. The monoisotopic (exact) mass is 320 g/mol. The smallest absolute Gasteiger partial charge is 0.0732 e. The first-order chi connectivity index (χ1) is 7.53. The van der Waals surface area contributed by atoms with Crippen molar-refractivity contribution >= 4 is 38.9 Å². The summed E-state index contributed by atoms with van der Waals surface area (Å²) < 4.78 is 1.23. The molecule has 1 saturated carbocycles. The zero-order chi connectivity index (χ0) is 11.8. The Balaban J connectivity index is 2.20. The van der Waals surface area contributed by atoms with Gasteiger partial charge in [-0.3, -0.25) is 0 Å². The fraction of sp³-hybridized carbons (Fsp3) is 0.692. The van der Waals surface area contributed by atoms with Crippen LogP contribution in [0.5, 0.6) is 0 Å². The number of alkyl halides is 1. The van der Waals surface area contributed by atoms with Gasteiger partial charge in [0.2, 0.25) is 0 Å². The van der Waals surface area contributed by atoms with Crippen molar-refractivity contribution in [3.8, 4) is 0 Å². The van der Waals surface area contributed by atoms with E-state index >= 15 is 0 Å². The molecule has 0 spiro atoms. The van der Waals surface area contributed by atoms with Crippen LogP contribution in [0, 0.1) is 12.3 Å². The van der Waals surface area contributed by atoms with Crippen molar-refractivity contribution in [2.75, 3.05) is 0 Å². The number of rotatable bonds is 2. The van der Waals surface area contributed by atoms with Crippen LogP contribution in [0.2, 0.25) is 0 Å². The zero-order valence-electron chi connectivity index (χ0n) is 9.85. The van der Waals surface area contributed by atoms with Gasteiger partial charge in [-0.05, 0) is 52.7 Å². The molecule has 90 valence electrons. The van der Waals surface area contributed by atoms with Crippen LogP contribution in [0.25, 0.3) is 0 Å². The minimum Gasteiger partial charge on any atom is -0.131 e.